The van der Waals surface area contributed by atoms with E-state index >= 15 is 0 Å². The van der Waals surface area contributed by atoms with E-state index in [1.54, 1.807) is 6.08 Å². The van der Waals surface area contributed by atoms with Gasteiger partial charge in [-0.05, 0) is 61.2 Å². The van der Waals surface area contributed by atoms with E-state index in [2.05, 4.69) is 12.2 Å². The number of hydrogen-bond donors (Lipinski definition) is 1. The number of unbranched alkanes of at least 4 members (excludes halogenated alkanes) is 1. The Morgan fingerprint density at radius 3 is 2.58 bits per heavy atom. The monoisotopic (exact) mass is 348 g/mol. The largest absolute Gasteiger partial charge is 0.494 e. The summed E-state index contributed by atoms with van der Waals surface area (Å²) in [6.45, 7) is 6.68. The lowest BCUT2D eigenvalue weighted by atomic mass is 10.1. The Hall–Kier alpha value is -3.06. The number of nitriles is 1. The minimum atomic E-state index is -0.413. The lowest BCUT2D eigenvalue weighted by Crippen LogP contribution is -2.14. The van der Waals surface area contributed by atoms with Gasteiger partial charge in [0.15, 0.2) is 0 Å². The highest BCUT2D eigenvalue weighted by molar-refractivity contribution is 6.10. The lowest BCUT2D eigenvalue weighted by molar-refractivity contribution is -0.112. The number of carbonyl (C=O) groups excluding carboxylic acids is 1. The first-order chi connectivity index (χ1) is 12.5. The number of rotatable bonds is 7. The van der Waals surface area contributed by atoms with Crippen molar-refractivity contribution in [3.05, 3.63) is 64.7 Å². The highest BCUT2D eigenvalue weighted by Crippen LogP contribution is 2.19. The standard InChI is InChI=1S/C22H24N2O2/c1-4-5-12-26-20-10-8-18(9-11-20)14-19(15-23)22(25)24-21-13-16(2)6-7-17(21)3/h6-11,13-14H,4-5,12H2,1-3H3,(H,24,25)/b19-14-. The molecule has 0 radical (unpaired) electrons. The van der Waals surface area contributed by atoms with Gasteiger partial charge in [-0.3, -0.25) is 4.79 Å². The van der Waals surface area contributed by atoms with Gasteiger partial charge in [0.05, 0.1) is 6.61 Å². The van der Waals surface area contributed by atoms with Crippen LogP contribution in [-0.2, 0) is 4.79 Å². The van der Waals surface area contributed by atoms with E-state index in [-0.39, 0.29) is 5.57 Å². The summed E-state index contributed by atoms with van der Waals surface area (Å²) in [6.07, 6.45) is 3.68. The van der Waals surface area contributed by atoms with Crippen LogP contribution in [0.5, 0.6) is 5.75 Å². The molecule has 0 aliphatic carbocycles. The van der Waals surface area contributed by atoms with Gasteiger partial charge in [0.2, 0.25) is 0 Å². The molecule has 0 saturated carbocycles. The second-order valence-electron chi connectivity index (χ2n) is 6.21. The number of benzene rings is 2. The van der Waals surface area contributed by atoms with Crippen LogP contribution in [0.15, 0.2) is 48.0 Å². The molecule has 0 atom stereocenters. The number of anilines is 1. The van der Waals surface area contributed by atoms with E-state index in [9.17, 15) is 10.1 Å². The van der Waals surface area contributed by atoms with E-state index in [1.165, 1.54) is 0 Å². The molecule has 4 nitrogen and oxygen atoms in total. The van der Waals surface area contributed by atoms with Gasteiger partial charge in [-0.15, -0.1) is 0 Å². The highest BCUT2D eigenvalue weighted by Gasteiger charge is 2.11. The summed E-state index contributed by atoms with van der Waals surface area (Å²) in [5.41, 5.74) is 3.56. The Balaban J connectivity index is 2.10. The summed E-state index contributed by atoms with van der Waals surface area (Å²) in [7, 11) is 0. The Bertz CT molecular complexity index is 830. The zero-order valence-electron chi connectivity index (χ0n) is 15.5. The third-order valence-electron chi connectivity index (χ3n) is 3.96. The van der Waals surface area contributed by atoms with Gasteiger partial charge in [-0.1, -0.05) is 37.6 Å². The summed E-state index contributed by atoms with van der Waals surface area (Å²) in [4.78, 5) is 12.4. The van der Waals surface area contributed by atoms with Crippen LogP contribution in [0.25, 0.3) is 6.08 Å². The normalized spacial score (nSPS) is 10.9. The molecule has 134 valence electrons. The van der Waals surface area contributed by atoms with Crippen LogP contribution in [0.1, 0.15) is 36.5 Å². The maximum absolute atomic E-state index is 12.4. The summed E-state index contributed by atoms with van der Waals surface area (Å²) in [5, 5.41) is 12.2. The summed E-state index contributed by atoms with van der Waals surface area (Å²) >= 11 is 0. The van der Waals surface area contributed by atoms with E-state index in [0.717, 1.165) is 41.0 Å². The molecular formula is C22H24N2O2. The predicted molar refractivity (Wildman–Crippen MR) is 105 cm³/mol. The Morgan fingerprint density at radius 1 is 1.19 bits per heavy atom. The summed E-state index contributed by atoms with van der Waals surface area (Å²) in [5.74, 6) is 0.374. The Morgan fingerprint density at radius 2 is 1.92 bits per heavy atom. The first-order valence-corrected chi connectivity index (χ1v) is 8.76. The van der Waals surface area contributed by atoms with Crippen molar-refractivity contribution < 1.29 is 9.53 Å². The third-order valence-corrected chi connectivity index (χ3v) is 3.96. The molecule has 0 bridgehead atoms. The van der Waals surface area contributed by atoms with Gasteiger partial charge in [0, 0.05) is 5.69 Å². The van der Waals surface area contributed by atoms with Crippen molar-refractivity contribution in [2.45, 2.75) is 33.6 Å². The summed E-state index contributed by atoms with van der Waals surface area (Å²) in [6, 6.07) is 15.2. The lowest BCUT2D eigenvalue weighted by Gasteiger charge is -2.09. The third kappa shape index (κ3) is 5.49. The van der Waals surface area contributed by atoms with Crippen molar-refractivity contribution in [2.24, 2.45) is 0 Å². The maximum Gasteiger partial charge on any atom is 0.266 e. The van der Waals surface area contributed by atoms with E-state index in [4.69, 9.17) is 4.74 Å². The highest BCUT2D eigenvalue weighted by atomic mass is 16.5. The number of hydrogen-bond acceptors (Lipinski definition) is 3. The predicted octanol–water partition coefficient (Wildman–Crippen LogP) is 5.03. The molecule has 0 saturated heterocycles. The number of ether oxygens (including phenoxy) is 1. The average molecular weight is 348 g/mol. The van der Waals surface area contributed by atoms with Crippen molar-refractivity contribution in [2.75, 3.05) is 11.9 Å². The number of amides is 1. The molecule has 1 N–H and O–H groups in total. The van der Waals surface area contributed by atoms with Crippen LogP contribution in [0.2, 0.25) is 0 Å². The smallest absolute Gasteiger partial charge is 0.266 e. The number of nitrogens with one attached hydrogen (secondary N) is 1. The van der Waals surface area contributed by atoms with Crippen molar-refractivity contribution in [1.29, 1.82) is 5.26 Å². The molecule has 0 aromatic heterocycles. The van der Waals surface area contributed by atoms with Gasteiger partial charge in [-0.2, -0.15) is 5.26 Å². The fourth-order valence-corrected chi connectivity index (χ4v) is 2.37. The molecule has 0 aliphatic heterocycles. The van der Waals surface area contributed by atoms with Crippen molar-refractivity contribution in [3.63, 3.8) is 0 Å². The maximum atomic E-state index is 12.4. The Labute approximate surface area is 155 Å². The van der Waals surface area contributed by atoms with Gasteiger partial charge in [0.1, 0.15) is 17.4 Å². The first kappa shape index (κ1) is 19.3. The zero-order valence-corrected chi connectivity index (χ0v) is 15.5. The fourth-order valence-electron chi connectivity index (χ4n) is 2.37. The van der Waals surface area contributed by atoms with Gasteiger partial charge in [0.25, 0.3) is 5.91 Å². The summed E-state index contributed by atoms with van der Waals surface area (Å²) < 4.78 is 5.62. The second-order valence-corrected chi connectivity index (χ2v) is 6.21. The Kier molecular flexibility index (Phi) is 6.99. The van der Waals surface area contributed by atoms with Gasteiger partial charge >= 0.3 is 0 Å². The zero-order chi connectivity index (χ0) is 18.9. The molecule has 1 amide bonds. The van der Waals surface area contributed by atoms with E-state index < -0.39 is 5.91 Å². The second kappa shape index (κ2) is 9.43. The topological polar surface area (TPSA) is 62.1 Å². The molecule has 0 spiro atoms. The minimum Gasteiger partial charge on any atom is -0.494 e. The van der Waals surface area contributed by atoms with Gasteiger partial charge in [-0.25, -0.2) is 0 Å². The molecule has 0 aliphatic rings. The van der Waals surface area contributed by atoms with Crippen LogP contribution < -0.4 is 10.1 Å². The molecule has 0 unspecified atom stereocenters. The molecule has 4 heteroatoms. The quantitative estimate of drug-likeness (QED) is 0.434. The van der Waals surface area contributed by atoms with E-state index in [0.29, 0.717) is 6.61 Å². The van der Waals surface area contributed by atoms with Crippen molar-refractivity contribution in [1.82, 2.24) is 0 Å². The van der Waals surface area contributed by atoms with Gasteiger partial charge < -0.3 is 10.1 Å². The molecule has 26 heavy (non-hydrogen) atoms. The fraction of sp³-hybridized carbons (Fsp3) is 0.273. The van der Waals surface area contributed by atoms with E-state index in [1.807, 2.05) is 62.4 Å². The molecule has 2 aromatic carbocycles. The van der Waals surface area contributed by atoms with Crippen LogP contribution >= 0.6 is 0 Å². The number of carbonyl (C=O) groups is 1. The number of aryl methyl sites for hydroxylation is 2. The van der Waals surface area contributed by atoms with Crippen LogP contribution in [0, 0.1) is 25.2 Å². The first-order valence-electron chi connectivity index (χ1n) is 8.76. The molecule has 0 fully saturated rings. The number of nitrogens with zero attached hydrogens (tertiary/aromatic N) is 1. The average Bonchev–Trinajstić information content (AvgIpc) is 2.64. The molecular weight excluding hydrogens is 324 g/mol. The minimum absolute atomic E-state index is 0.0607. The van der Waals surface area contributed by atoms with Crippen LogP contribution in [-0.4, -0.2) is 12.5 Å². The van der Waals surface area contributed by atoms with Crippen LogP contribution in [0.4, 0.5) is 5.69 Å². The molecule has 2 aromatic rings. The molecule has 2 rings (SSSR count). The molecule has 0 heterocycles. The van der Waals surface area contributed by atoms with Crippen molar-refractivity contribution >= 4 is 17.7 Å². The SMILES string of the molecule is CCCCOc1ccc(/C=C(/C#N)C(=O)Nc2cc(C)ccc2C)cc1. The van der Waals surface area contributed by atoms with Crippen LogP contribution in [0.3, 0.4) is 0 Å². The van der Waals surface area contributed by atoms with Crippen molar-refractivity contribution in [3.8, 4) is 11.8 Å².